The van der Waals surface area contributed by atoms with Crippen LogP contribution >= 0.6 is 23.2 Å². The van der Waals surface area contributed by atoms with Gasteiger partial charge in [0.2, 0.25) is 5.95 Å². The monoisotopic (exact) mass is 356 g/mol. The van der Waals surface area contributed by atoms with E-state index in [2.05, 4.69) is 31.9 Å². The maximum atomic E-state index is 9.12. The van der Waals surface area contributed by atoms with E-state index in [4.69, 9.17) is 28.5 Å². The van der Waals surface area contributed by atoms with Gasteiger partial charge in [-0.25, -0.2) is 0 Å². The van der Waals surface area contributed by atoms with E-state index >= 15 is 0 Å². The smallest absolute Gasteiger partial charge is 0.249 e. The minimum atomic E-state index is 0.271. The average molecular weight is 357 g/mol. The zero-order valence-corrected chi connectivity index (χ0v) is 13.7. The van der Waals surface area contributed by atoms with Crippen molar-refractivity contribution in [2.45, 2.75) is 0 Å². The van der Waals surface area contributed by atoms with Gasteiger partial charge in [0.25, 0.3) is 0 Å². The largest absolute Gasteiger partial charge is 0.338 e. The SMILES string of the molecule is N#Cc1ccccc1Nc1cnnc(Nc2cc(Cl)cc(Cl)c2)n1. The summed E-state index contributed by atoms with van der Waals surface area (Å²) in [6, 6.07) is 14.2. The number of rotatable bonds is 4. The molecular formula is C16H10Cl2N6. The zero-order chi connectivity index (χ0) is 16.9. The predicted octanol–water partition coefficient (Wildman–Crippen LogP) is 4.54. The van der Waals surface area contributed by atoms with Gasteiger partial charge in [-0.05, 0) is 30.3 Å². The van der Waals surface area contributed by atoms with Gasteiger partial charge in [-0.15, -0.1) is 5.10 Å². The highest BCUT2D eigenvalue weighted by Gasteiger charge is 2.06. The molecule has 24 heavy (non-hydrogen) atoms. The van der Waals surface area contributed by atoms with Crippen LogP contribution in [-0.4, -0.2) is 15.2 Å². The molecule has 0 aliphatic carbocycles. The molecule has 0 amide bonds. The van der Waals surface area contributed by atoms with E-state index in [1.165, 1.54) is 6.20 Å². The molecule has 0 saturated carbocycles. The lowest BCUT2D eigenvalue weighted by atomic mass is 10.2. The van der Waals surface area contributed by atoms with E-state index in [0.717, 1.165) is 0 Å². The van der Waals surface area contributed by atoms with Crippen molar-refractivity contribution in [3.8, 4) is 6.07 Å². The molecule has 1 heterocycles. The van der Waals surface area contributed by atoms with E-state index in [0.29, 0.717) is 32.8 Å². The van der Waals surface area contributed by atoms with Crippen LogP contribution in [0.2, 0.25) is 10.0 Å². The molecule has 6 nitrogen and oxygen atoms in total. The Balaban J connectivity index is 1.83. The molecule has 0 radical (unpaired) electrons. The molecule has 0 bridgehead atoms. The number of hydrogen-bond acceptors (Lipinski definition) is 6. The van der Waals surface area contributed by atoms with Crippen molar-refractivity contribution < 1.29 is 0 Å². The molecule has 0 fully saturated rings. The topological polar surface area (TPSA) is 86.5 Å². The van der Waals surface area contributed by atoms with Gasteiger partial charge in [0.05, 0.1) is 17.4 Å². The highest BCUT2D eigenvalue weighted by Crippen LogP contribution is 2.24. The summed E-state index contributed by atoms with van der Waals surface area (Å²) >= 11 is 11.9. The Morgan fingerprint density at radius 1 is 1.00 bits per heavy atom. The zero-order valence-electron chi connectivity index (χ0n) is 12.2. The number of halogens is 2. The third kappa shape index (κ3) is 3.90. The molecule has 0 saturated heterocycles. The van der Waals surface area contributed by atoms with Crippen molar-refractivity contribution in [1.29, 1.82) is 5.26 Å². The van der Waals surface area contributed by atoms with Crippen molar-refractivity contribution in [3.05, 3.63) is 64.3 Å². The average Bonchev–Trinajstić information content (AvgIpc) is 2.55. The molecule has 0 aliphatic rings. The maximum Gasteiger partial charge on any atom is 0.249 e. The minimum Gasteiger partial charge on any atom is -0.338 e. The van der Waals surface area contributed by atoms with E-state index < -0.39 is 0 Å². The van der Waals surface area contributed by atoms with E-state index in [1.807, 2.05) is 6.07 Å². The van der Waals surface area contributed by atoms with Crippen LogP contribution in [0.3, 0.4) is 0 Å². The number of anilines is 4. The molecule has 1 aromatic heterocycles. The first-order valence-corrected chi connectivity index (χ1v) is 7.58. The molecule has 0 unspecified atom stereocenters. The fourth-order valence-corrected chi connectivity index (χ4v) is 2.53. The van der Waals surface area contributed by atoms with Crippen molar-refractivity contribution in [1.82, 2.24) is 15.2 Å². The Labute approximate surface area is 148 Å². The molecule has 8 heteroatoms. The third-order valence-electron chi connectivity index (χ3n) is 2.99. The molecule has 0 spiro atoms. The molecule has 3 rings (SSSR count). The van der Waals surface area contributed by atoms with E-state index in [9.17, 15) is 0 Å². The summed E-state index contributed by atoms with van der Waals surface area (Å²) < 4.78 is 0. The summed E-state index contributed by atoms with van der Waals surface area (Å²) in [5.74, 6) is 0.719. The highest BCUT2D eigenvalue weighted by molar-refractivity contribution is 6.35. The van der Waals surface area contributed by atoms with Crippen molar-refractivity contribution in [3.63, 3.8) is 0 Å². The number of aromatic nitrogens is 3. The van der Waals surface area contributed by atoms with Gasteiger partial charge in [0.15, 0.2) is 5.82 Å². The van der Waals surface area contributed by atoms with Crippen molar-refractivity contribution in [2.75, 3.05) is 10.6 Å². The van der Waals surface area contributed by atoms with Gasteiger partial charge in [0.1, 0.15) is 6.07 Å². The Kier molecular flexibility index (Phi) is 4.75. The third-order valence-corrected chi connectivity index (χ3v) is 3.42. The van der Waals surface area contributed by atoms with Crippen LogP contribution in [0.1, 0.15) is 5.56 Å². The van der Waals surface area contributed by atoms with E-state index in [1.54, 1.807) is 36.4 Å². The summed E-state index contributed by atoms with van der Waals surface area (Å²) in [4.78, 5) is 4.31. The van der Waals surface area contributed by atoms with Gasteiger partial charge < -0.3 is 10.6 Å². The van der Waals surface area contributed by atoms with Gasteiger partial charge in [0, 0.05) is 15.7 Å². The Morgan fingerprint density at radius 2 is 1.75 bits per heavy atom. The van der Waals surface area contributed by atoms with Crippen molar-refractivity contribution in [2.24, 2.45) is 0 Å². The molecule has 3 aromatic rings. The number of para-hydroxylation sites is 1. The first-order chi connectivity index (χ1) is 11.6. The quantitative estimate of drug-likeness (QED) is 0.713. The Bertz CT molecular complexity index is 902. The van der Waals surface area contributed by atoms with Crippen LogP contribution < -0.4 is 10.6 Å². The second kappa shape index (κ2) is 7.13. The van der Waals surface area contributed by atoms with Crippen LogP contribution in [0, 0.1) is 11.3 Å². The number of benzene rings is 2. The summed E-state index contributed by atoms with van der Waals surface area (Å²) in [7, 11) is 0. The van der Waals surface area contributed by atoms with Gasteiger partial charge >= 0.3 is 0 Å². The minimum absolute atomic E-state index is 0.271. The summed E-state index contributed by atoms with van der Waals surface area (Å²) in [6.07, 6.45) is 1.46. The van der Waals surface area contributed by atoms with Gasteiger partial charge in [-0.1, -0.05) is 35.3 Å². The first-order valence-electron chi connectivity index (χ1n) is 6.83. The standard InChI is InChI=1S/C16H10Cl2N6/c17-11-5-12(18)7-13(6-11)21-16-23-15(9-20-24-16)22-14-4-2-1-3-10(14)8-19/h1-7,9H,(H2,21,22,23,24). The summed E-state index contributed by atoms with van der Waals surface area (Å²) in [5.41, 5.74) is 1.79. The number of hydrogen-bond donors (Lipinski definition) is 2. The molecular weight excluding hydrogens is 347 g/mol. The second-order valence-corrected chi connectivity index (χ2v) is 5.60. The van der Waals surface area contributed by atoms with Crippen LogP contribution in [0.15, 0.2) is 48.7 Å². The molecule has 2 N–H and O–H groups in total. The van der Waals surface area contributed by atoms with Crippen LogP contribution in [0.4, 0.5) is 23.1 Å². The predicted molar refractivity (Wildman–Crippen MR) is 94.0 cm³/mol. The Morgan fingerprint density at radius 3 is 2.50 bits per heavy atom. The van der Waals surface area contributed by atoms with Crippen LogP contribution in [0.25, 0.3) is 0 Å². The van der Waals surface area contributed by atoms with Crippen LogP contribution in [0.5, 0.6) is 0 Å². The van der Waals surface area contributed by atoms with E-state index in [-0.39, 0.29) is 5.95 Å². The van der Waals surface area contributed by atoms with Gasteiger partial charge in [-0.3, -0.25) is 0 Å². The summed E-state index contributed by atoms with van der Waals surface area (Å²) in [6.45, 7) is 0. The lowest BCUT2D eigenvalue weighted by Gasteiger charge is -2.09. The maximum absolute atomic E-state index is 9.12. The first kappa shape index (κ1) is 16.0. The van der Waals surface area contributed by atoms with Crippen LogP contribution in [-0.2, 0) is 0 Å². The highest BCUT2D eigenvalue weighted by atomic mass is 35.5. The number of nitrogens with zero attached hydrogens (tertiary/aromatic N) is 4. The summed E-state index contributed by atoms with van der Waals surface area (Å²) in [5, 5.41) is 23.9. The molecule has 0 aliphatic heterocycles. The fraction of sp³-hybridized carbons (Fsp3) is 0. The number of nitrogens with one attached hydrogen (secondary N) is 2. The fourth-order valence-electron chi connectivity index (χ4n) is 2.00. The lowest BCUT2D eigenvalue weighted by Crippen LogP contribution is -2.03. The Hall–Kier alpha value is -2.88. The molecule has 0 atom stereocenters. The lowest BCUT2D eigenvalue weighted by molar-refractivity contribution is 0.982. The normalized spacial score (nSPS) is 10.0. The number of nitriles is 1. The van der Waals surface area contributed by atoms with Crippen molar-refractivity contribution >= 4 is 46.3 Å². The van der Waals surface area contributed by atoms with Gasteiger partial charge in [-0.2, -0.15) is 15.3 Å². The molecule has 2 aromatic carbocycles. The second-order valence-electron chi connectivity index (χ2n) is 4.73. The molecule has 118 valence electrons.